The molecule has 0 spiro atoms. The molecule has 1 aliphatic rings. The van der Waals surface area contributed by atoms with Crippen LogP contribution in [-0.2, 0) is 24.3 Å². The van der Waals surface area contributed by atoms with Gasteiger partial charge in [-0.25, -0.2) is 17.6 Å². The number of sulfonamides is 1. The van der Waals surface area contributed by atoms with Crippen molar-refractivity contribution in [1.29, 1.82) is 0 Å². The zero-order valence-electron chi connectivity index (χ0n) is 16.9. The summed E-state index contributed by atoms with van der Waals surface area (Å²) in [7, 11) is -3.59. The third kappa shape index (κ3) is 5.84. The van der Waals surface area contributed by atoms with E-state index in [-0.39, 0.29) is 10.5 Å². The molecule has 1 aliphatic heterocycles. The van der Waals surface area contributed by atoms with Crippen LogP contribution >= 0.6 is 0 Å². The minimum atomic E-state index is -3.59. The van der Waals surface area contributed by atoms with Crippen LogP contribution in [-0.4, -0.2) is 56.9 Å². The maximum Gasteiger partial charge on any atom is 0.331 e. The molecule has 0 aromatic heterocycles. The summed E-state index contributed by atoms with van der Waals surface area (Å²) in [6.45, 7) is 2.78. The Hall–Kier alpha value is -2.88. The van der Waals surface area contributed by atoms with Crippen LogP contribution in [0.4, 0.5) is 4.39 Å². The van der Waals surface area contributed by atoms with Crippen molar-refractivity contribution < 1.29 is 31.9 Å². The molecular formula is C22H22FNO6S. The number of ketones is 1. The zero-order valence-corrected chi connectivity index (χ0v) is 17.7. The topological polar surface area (TPSA) is 90.0 Å². The molecule has 2 aromatic rings. The van der Waals surface area contributed by atoms with Gasteiger partial charge in [-0.1, -0.05) is 12.1 Å². The summed E-state index contributed by atoms with van der Waals surface area (Å²) >= 11 is 0. The minimum absolute atomic E-state index is 0.160. The number of ether oxygens (including phenoxy) is 2. The summed E-state index contributed by atoms with van der Waals surface area (Å²) in [5, 5.41) is 0. The van der Waals surface area contributed by atoms with Crippen molar-refractivity contribution in [1.82, 2.24) is 4.31 Å². The fourth-order valence-corrected chi connectivity index (χ4v) is 4.38. The van der Waals surface area contributed by atoms with E-state index in [2.05, 4.69) is 0 Å². The first-order valence-electron chi connectivity index (χ1n) is 9.64. The maximum atomic E-state index is 13.0. The first-order valence-corrected chi connectivity index (χ1v) is 11.1. The second kappa shape index (κ2) is 9.95. The first-order chi connectivity index (χ1) is 14.8. The van der Waals surface area contributed by atoms with Crippen molar-refractivity contribution in [2.24, 2.45) is 0 Å². The van der Waals surface area contributed by atoms with Crippen LogP contribution in [0, 0.1) is 5.82 Å². The lowest BCUT2D eigenvalue weighted by Gasteiger charge is -2.26. The van der Waals surface area contributed by atoms with Crippen LogP contribution in [0.2, 0.25) is 0 Å². The summed E-state index contributed by atoms with van der Waals surface area (Å²) in [4.78, 5) is 24.4. The zero-order chi connectivity index (χ0) is 22.4. The highest BCUT2D eigenvalue weighted by molar-refractivity contribution is 7.89. The van der Waals surface area contributed by atoms with Gasteiger partial charge in [0.05, 0.1) is 18.1 Å². The van der Waals surface area contributed by atoms with Crippen molar-refractivity contribution in [3.63, 3.8) is 0 Å². The highest BCUT2D eigenvalue weighted by Crippen LogP contribution is 2.18. The van der Waals surface area contributed by atoms with Crippen LogP contribution in [0.3, 0.4) is 0 Å². The molecule has 0 radical (unpaired) electrons. The standard InChI is InChI=1S/C22H22FNO6S/c1-16(22(26)18-5-7-19(23)8-6-18)30-21(25)11-4-17-2-9-20(10-3-17)31(27,28)24-12-14-29-15-13-24/h2-11,16H,12-15H2,1H3/b11-4+. The lowest BCUT2D eigenvalue weighted by atomic mass is 10.1. The van der Waals surface area contributed by atoms with Gasteiger partial charge in [0.2, 0.25) is 15.8 Å². The highest BCUT2D eigenvalue weighted by Gasteiger charge is 2.26. The summed E-state index contributed by atoms with van der Waals surface area (Å²) in [5.41, 5.74) is 0.832. The Labute approximate surface area is 180 Å². The average molecular weight is 447 g/mol. The third-order valence-corrected chi connectivity index (χ3v) is 6.60. The van der Waals surface area contributed by atoms with Gasteiger partial charge in [0, 0.05) is 24.7 Å². The van der Waals surface area contributed by atoms with E-state index in [1.807, 2.05) is 0 Å². The smallest absolute Gasteiger partial charge is 0.331 e. The van der Waals surface area contributed by atoms with Gasteiger partial charge >= 0.3 is 5.97 Å². The van der Waals surface area contributed by atoms with Crippen LogP contribution < -0.4 is 0 Å². The molecule has 1 fully saturated rings. The molecule has 9 heteroatoms. The molecule has 7 nitrogen and oxygen atoms in total. The Morgan fingerprint density at radius 1 is 1.06 bits per heavy atom. The second-order valence-corrected chi connectivity index (χ2v) is 8.81. The van der Waals surface area contributed by atoms with Gasteiger partial charge in [-0.3, -0.25) is 4.79 Å². The number of halogens is 1. The molecule has 1 saturated heterocycles. The Bertz CT molecular complexity index is 1060. The number of hydrogen-bond donors (Lipinski definition) is 0. The molecule has 3 rings (SSSR count). The lowest BCUT2D eigenvalue weighted by Crippen LogP contribution is -2.40. The number of carbonyl (C=O) groups excluding carboxylic acids is 2. The van der Waals surface area contributed by atoms with E-state index in [0.717, 1.165) is 18.2 Å². The summed E-state index contributed by atoms with van der Waals surface area (Å²) in [6.07, 6.45) is 1.58. The van der Waals surface area contributed by atoms with Crippen molar-refractivity contribution in [2.45, 2.75) is 17.9 Å². The molecule has 0 bridgehead atoms. The van der Waals surface area contributed by atoms with E-state index in [4.69, 9.17) is 9.47 Å². The number of benzene rings is 2. The van der Waals surface area contributed by atoms with Crippen LogP contribution in [0.5, 0.6) is 0 Å². The summed E-state index contributed by atoms with van der Waals surface area (Å²) in [6, 6.07) is 11.0. The number of rotatable bonds is 7. The number of nitrogens with zero attached hydrogens (tertiary/aromatic N) is 1. The lowest BCUT2D eigenvalue weighted by molar-refractivity contribution is -0.140. The molecule has 0 amide bonds. The normalized spacial score (nSPS) is 16.2. The number of morpholine rings is 1. The Balaban J connectivity index is 1.59. The number of hydrogen-bond acceptors (Lipinski definition) is 6. The van der Waals surface area contributed by atoms with E-state index in [9.17, 15) is 22.4 Å². The van der Waals surface area contributed by atoms with E-state index < -0.39 is 33.7 Å². The van der Waals surface area contributed by atoms with Gasteiger partial charge in [-0.2, -0.15) is 4.31 Å². The second-order valence-electron chi connectivity index (χ2n) is 6.87. The number of Topliss-reactive ketones (excluding diaryl/α,β-unsaturated/α-hetero) is 1. The number of esters is 1. The fraction of sp³-hybridized carbons (Fsp3) is 0.273. The molecule has 0 aliphatic carbocycles. The Morgan fingerprint density at radius 2 is 1.68 bits per heavy atom. The number of carbonyl (C=O) groups is 2. The fourth-order valence-electron chi connectivity index (χ4n) is 2.97. The van der Waals surface area contributed by atoms with Crippen molar-refractivity contribution in [2.75, 3.05) is 26.3 Å². The van der Waals surface area contributed by atoms with Crippen LogP contribution in [0.1, 0.15) is 22.8 Å². The SMILES string of the molecule is CC(OC(=O)/C=C/c1ccc(S(=O)(=O)N2CCOCC2)cc1)C(=O)c1ccc(F)cc1. The molecule has 1 atom stereocenters. The average Bonchev–Trinajstić information content (AvgIpc) is 2.78. The predicted octanol–water partition coefficient (Wildman–Crippen LogP) is 2.67. The van der Waals surface area contributed by atoms with Gasteiger partial charge in [-0.05, 0) is 55.0 Å². The minimum Gasteiger partial charge on any atom is -0.451 e. The monoisotopic (exact) mass is 447 g/mol. The largest absolute Gasteiger partial charge is 0.451 e. The quantitative estimate of drug-likeness (QED) is 0.368. The first kappa shape index (κ1) is 22.8. The van der Waals surface area contributed by atoms with Gasteiger partial charge < -0.3 is 9.47 Å². The van der Waals surface area contributed by atoms with E-state index >= 15 is 0 Å². The molecule has 2 aromatic carbocycles. The van der Waals surface area contributed by atoms with E-state index in [1.54, 1.807) is 12.1 Å². The summed E-state index contributed by atoms with van der Waals surface area (Å²) < 4.78 is 49.8. The predicted molar refractivity (Wildman–Crippen MR) is 111 cm³/mol. The molecule has 0 saturated carbocycles. The van der Waals surface area contributed by atoms with E-state index in [0.29, 0.717) is 31.9 Å². The molecule has 31 heavy (non-hydrogen) atoms. The summed E-state index contributed by atoms with van der Waals surface area (Å²) in [5.74, 6) is -1.64. The Morgan fingerprint density at radius 3 is 2.29 bits per heavy atom. The Kier molecular flexibility index (Phi) is 7.32. The third-order valence-electron chi connectivity index (χ3n) is 4.69. The highest BCUT2D eigenvalue weighted by atomic mass is 32.2. The van der Waals surface area contributed by atoms with Crippen LogP contribution in [0.15, 0.2) is 59.5 Å². The van der Waals surface area contributed by atoms with Crippen molar-refractivity contribution in [3.8, 4) is 0 Å². The van der Waals surface area contributed by atoms with Gasteiger partial charge in [0.15, 0.2) is 6.10 Å². The molecule has 1 unspecified atom stereocenters. The van der Waals surface area contributed by atoms with Crippen LogP contribution in [0.25, 0.3) is 6.08 Å². The molecule has 164 valence electrons. The van der Waals surface area contributed by atoms with Crippen molar-refractivity contribution >= 4 is 27.9 Å². The molecule has 0 N–H and O–H groups in total. The molecule has 1 heterocycles. The van der Waals surface area contributed by atoms with Crippen molar-refractivity contribution in [3.05, 3.63) is 71.6 Å². The van der Waals surface area contributed by atoms with Gasteiger partial charge in [0.25, 0.3) is 0 Å². The maximum absolute atomic E-state index is 13.0. The van der Waals surface area contributed by atoms with E-state index in [1.165, 1.54) is 41.6 Å². The van der Waals surface area contributed by atoms with Gasteiger partial charge in [-0.15, -0.1) is 0 Å². The van der Waals surface area contributed by atoms with Gasteiger partial charge in [0.1, 0.15) is 5.82 Å². The molecular weight excluding hydrogens is 425 g/mol.